The van der Waals surface area contributed by atoms with Gasteiger partial charge in [-0.2, -0.15) is 5.10 Å². The van der Waals surface area contributed by atoms with Crippen LogP contribution in [0.5, 0.6) is 0 Å². The van der Waals surface area contributed by atoms with Gasteiger partial charge in [0.1, 0.15) is 5.82 Å². The number of nitrogens with zero attached hydrogens (tertiary/aromatic N) is 4. The van der Waals surface area contributed by atoms with Gasteiger partial charge in [0.15, 0.2) is 11.8 Å². The normalized spacial score (nSPS) is 11.1. The molecule has 0 aliphatic rings. The van der Waals surface area contributed by atoms with Gasteiger partial charge in [-0.15, -0.1) is 24.0 Å². The molecule has 6 nitrogen and oxygen atoms in total. The van der Waals surface area contributed by atoms with Gasteiger partial charge in [-0.25, -0.2) is 19.0 Å². The zero-order chi connectivity index (χ0) is 19.9. The van der Waals surface area contributed by atoms with Gasteiger partial charge in [0, 0.05) is 25.0 Å². The maximum atomic E-state index is 13.0. The number of nitrogens with one attached hydrogen (secondary N) is 2. The molecule has 0 fully saturated rings. The number of hydrogen-bond donors (Lipinski definition) is 2. The zero-order valence-corrected chi connectivity index (χ0v) is 19.1. The second-order valence-corrected chi connectivity index (χ2v) is 6.54. The number of hydrogen-bond acceptors (Lipinski definition) is 3. The van der Waals surface area contributed by atoms with E-state index in [1.54, 1.807) is 12.1 Å². The van der Waals surface area contributed by atoms with E-state index >= 15 is 0 Å². The Morgan fingerprint density at radius 1 is 1.07 bits per heavy atom. The van der Waals surface area contributed by atoms with E-state index in [1.165, 1.54) is 12.1 Å². The monoisotopic (exact) mass is 508 g/mol. The summed E-state index contributed by atoms with van der Waals surface area (Å²) in [5.74, 6) is 1.26. The van der Waals surface area contributed by atoms with Crippen LogP contribution in [-0.2, 0) is 13.1 Å². The molecule has 0 spiro atoms. The van der Waals surface area contributed by atoms with E-state index < -0.39 is 0 Å². The molecule has 0 saturated heterocycles. The number of guanidine groups is 1. The quantitative estimate of drug-likeness (QED) is 0.301. The summed E-state index contributed by atoms with van der Waals surface area (Å²) in [6.45, 7) is 7.82. The fourth-order valence-corrected chi connectivity index (χ4v) is 2.80. The van der Waals surface area contributed by atoms with E-state index in [0.29, 0.717) is 19.0 Å². The summed E-state index contributed by atoms with van der Waals surface area (Å²) in [4.78, 5) is 9.10. The first-order chi connectivity index (χ1) is 13.5. The van der Waals surface area contributed by atoms with E-state index in [-0.39, 0.29) is 29.8 Å². The molecule has 2 heterocycles. The Kier molecular flexibility index (Phi) is 8.56. The molecule has 0 bridgehead atoms. The van der Waals surface area contributed by atoms with Gasteiger partial charge in [-0.3, -0.25) is 0 Å². The van der Waals surface area contributed by atoms with Crippen LogP contribution in [0.4, 0.5) is 4.39 Å². The lowest BCUT2D eigenvalue weighted by Crippen LogP contribution is -2.36. The SMILES string of the molecule is CCNC(=NCc1ccc(-n2nc(C)cc2C)nc1)NCc1ccc(F)cc1.I. The van der Waals surface area contributed by atoms with Gasteiger partial charge in [-0.1, -0.05) is 18.2 Å². The molecule has 154 valence electrons. The van der Waals surface area contributed by atoms with Crippen LogP contribution in [0.1, 0.15) is 29.4 Å². The van der Waals surface area contributed by atoms with Crippen molar-refractivity contribution < 1.29 is 4.39 Å². The fourth-order valence-electron chi connectivity index (χ4n) is 2.80. The van der Waals surface area contributed by atoms with Crippen molar-refractivity contribution in [1.82, 2.24) is 25.4 Å². The highest BCUT2D eigenvalue weighted by Gasteiger charge is 2.05. The second kappa shape index (κ2) is 10.9. The molecular formula is C21H26FIN6. The summed E-state index contributed by atoms with van der Waals surface area (Å²) in [7, 11) is 0. The van der Waals surface area contributed by atoms with Crippen LogP contribution in [0.2, 0.25) is 0 Å². The average Bonchev–Trinajstić information content (AvgIpc) is 3.04. The predicted octanol–water partition coefficient (Wildman–Crippen LogP) is 3.90. The van der Waals surface area contributed by atoms with Gasteiger partial charge in [-0.05, 0) is 56.2 Å². The lowest BCUT2D eigenvalue weighted by molar-refractivity contribution is 0.626. The van der Waals surface area contributed by atoms with E-state index in [9.17, 15) is 4.39 Å². The highest BCUT2D eigenvalue weighted by Crippen LogP contribution is 2.10. The molecule has 0 aliphatic carbocycles. The van der Waals surface area contributed by atoms with Gasteiger partial charge in [0.25, 0.3) is 0 Å². The van der Waals surface area contributed by atoms with Crippen molar-refractivity contribution in [2.45, 2.75) is 33.9 Å². The standard InChI is InChI=1S/C21H25FN6.HI/c1-4-23-21(25-12-17-5-8-19(22)9-6-17)26-14-18-7-10-20(24-13-18)28-16(3)11-15(2)27-28;/h5-11,13H,4,12,14H2,1-3H3,(H2,23,25,26);1H. The molecule has 0 radical (unpaired) electrons. The fraction of sp³-hybridized carbons (Fsp3) is 0.286. The molecule has 8 heteroatoms. The smallest absolute Gasteiger partial charge is 0.191 e. The van der Waals surface area contributed by atoms with Crippen LogP contribution in [0.3, 0.4) is 0 Å². The maximum Gasteiger partial charge on any atom is 0.191 e. The number of pyridine rings is 1. The van der Waals surface area contributed by atoms with Crippen LogP contribution in [0.25, 0.3) is 5.82 Å². The topological polar surface area (TPSA) is 67.1 Å². The summed E-state index contributed by atoms with van der Waals surface area (Å²) in [6.07, 6.45) is 1.82. The molecule has 0 atom stereocenters. The van der Waals surface area contributed by atoms with Crippen molar-refractivity contribution in [1.29, 1.82) is 0 Å². The summed E-state index contributed by atoms with van der Waals surface area (Å²) in [6, 6.07) is 12.4. The van der Waals surface area contributed by atoms with Crippen molar-refractivity contribution in [3.63, 3.8) is 0 Å². The molecule has 0 amide bonds. The first kappa shape index (κ1) is 22.8. The minimum Gasteiger partial charge on any atom is -0.357 e. The Bertz CT molecular complexity index is 935. The van der Waals surface area contributed by atoms with Gasteiger partial charge in [0.05, 0.1) is 12.2 Å². The lowest BCUT2D eigenvalue weighted by Gasteiger charge is -2.11. The number of rotatable bonds is 6. The Labute approximate surface area is 187 Å². The third-order valence-electron chi connectivity index (χ3n) is 4.17. The van der Waals surface area contributed by atoms with Crippen molar-refractivity contribution >= 4 is 29.9 Å². The highest BCUT2D eigenvalue weighted by atomic mass is 127. The largest absolute Gasteiger partial charge is 0.357 e. The molecule has 0 saturated carbocycles. The Morgan fingerprint density at radius 3 is 2.38 bits per heavy atom. The second-order valence-electron chi connectivity index (χ2n) is 6.54. The van der Waals surface area contributed by atoms with Gasteiger partial charge < -0.3 is 10.6 Å². The molecule has 1 aromatic carbocycles. The van der Waals surface area contributed by atoms with Crippen LogP contribution >= 0.6 is 24.0 Å². The van der Waals surface area contributed by atoms with E-state index in [0.717, 1.165) is 34.9 Å². The van der Waals surface area contributed by atoms with Gasteiger partial charge >= 0.3 is 0 Å². The predicted molar refractivity (Wildman–Crippen MR) is 124 cm³/mol. The molecule has 0 aliphatic heterocycles. The summed E-state index contributed by atoms with van der Waals surface area (Å²) in [5.41, 5.74) is 4.01. The van der Waals surface area contributed by atoms with Crippen LogP contribution in [0.15, 0.2) is 53.7 Å². The number of aryl methyl sites for hydroxylation is 2. The first-order valence-corrected chi connectivity index (χ1v) is 9.30. The molecule has 3 aromatic rings. The zero-order valence-electron chi connectivity index (χ0n) is 16.8. The summed E-state index contributed by atoms with van der Waals surface area (Å²) >= 11 is 0. The molecule has 0 unspecified atom stereocenters. The van der Waals surface area contributed by atoms with Crippen LogP contribution < -0.4 is 10.6 Å². The highest BCUT2D eigenvalue weighted by molar-refractivity contribution is 14.0. The minimum absolute atomic E-state index is 0. The third kappa shape index (κ3) is 6.52. The van der Waals surface area contributed by atoms with E-state index in [1.807, 2.05) is 49.8 Å². The number of benzene rings is 1. The average molecular weight is 508 g/mol. The lowest BCUT2D eigenvalue weighted by atomic mass is 10.2. The first-order valence-electron chi connectivity index (χ1n) is 9.30. The Balaban J connectivity index is 0.00000300. The van der Waals surface area contributed by atoms with Crippen LogP contribution in [0, 0.1) is 19.7 Å². The molecule has 2 N–H and O–H groups in total. The maximum absolute atomic E-state index is 13.0. The number of halogens is 2. The van der Waals surface area contributed by atoms with Crippen molar-refractivity contribution in [2.75, 3.05) is 6.54 Å². The van der Waals surface area contributed by atoms with Crippen molar-refractivity contribution in [2.24, 2.45) is 4.99 Å². The third-order valence-corrected chi connectivity index (χ3v) is 4.17. The Hall–Kier alpha value is -2.49. The number of aromatic nitrogens is 3. The minimum atomic E-state index is -0.235. The molecule has 29 heavy (non-hydrogen) atoms. The molecular weight excluding hydrogens is 482 g/mol. The van der Waals surface area contributed by atoms with Crippen molar-refractivity contribution in [3.05, 3.63) is 77.0 Å². The van der Waals surface area contributed by atoms with Crippen LogP contribution in [-0.4, -0.2) is 27.3 Å². The number of aliphatic imine (C=N–C) groups is 1. The Morgan fingerprint density at radius 2 is 1.79 bits per heavy atom. The van der Waals surface area contributed by atoms with Gasteiger partial charge in [0.2, 0.25) is 0 Å². The van der Waals surface area contributed by atoms with Crippen molar-refractivity contribution in [3.8, 4) is 5.82 Å². The van der Waals surface area contributed by atoms with E-state index in [4.69, 9.17) is 0 Å². The van der Waals surface area contributed by atoms with E-state index in [2.05, 4.69) is 25.7 Å². The molecule has 3 rings (SSSR count). The summed E-state index contributed by atoms with van der Waals surface area (Å²) in [5, 5.41) is 10.9. The molecule has 2 aromatic heterocycles. The summed E-state index contributed by atoms with van der Waals surface area (Å²) < 4.78 is 14.8.